The largest absolute Gasteiger partial charge is 0.149 e. The van der Waals surface area contributed by atoms with Crippen molar-refractivity contribution in [2.75, 3.05) is 0 Å². The van der Waals surface area contributed by atoms with Gasteiger partial charge >= 0.3 is 0 Å². The first kappa shape index (κ1) is 10.5. The van der Waals surface area contributed by atoms with E-state index in [1.165, 1.54) is 42.5 Å². The number of alkyl halides is 1. The van der Waals surface area contributed by atoms with Crippen LogP contribution in [-0.4, -0.2) is 5.38 Å². The molecule has 0 nitrogen and oxygen atoms in total. The molecule has 78 valence electrons. The quantitative estimate of drug-likeness (QED) is 0.482. The van der Waals surface area contributed by atoms with Crippen LogP contribution in [0.2, 0.25) is 0 Å². The molecule has 0 aromatic carbocycles. The molecule has 0 aliphatic heterocycles. The average molecular weight is 229 g/mol. The molecule has 1 heterocycles. The second kappa shape index (κ2) is 4.67. The number of thiophene rings is 1. The fourth-order valence-corrected chi connectivity index (χ4v) is 3.49. The molecule has 14 heavy (non-hydrogen) atoms. The summed E-state index contributed by atoms with van der Waals surface area (Å²) >= 11 is 8.28. The molecule has 1 saturated carbocycles. The highest BCUT2D eigenvalue weighted by Crippen LogP contribution is 2.36. The maximum atomic E-state index is 6.44. The topological polar surface area (TPSA) is 0 Å². The van der Waals surface area contributed by atoms with Crippen LogP contribution in [0.15, 0.2) is 11.4 Å². The molecule has 1 aliphatic rings. The standard InChI is InChI=1S/C12H17ClS/c1-9-7-10(8-14-9)11-5-3-2-4-6-12(11)13/h7-8,11-12H,2-6H2,1H3. The smallest absolute Gasteiger partial charge is 0.0404 e. The highest BCUT2D eigenvalue weighted by atomic mass is 35.5. The molecule has 0 N–H and O–H groups in total. The normalized spacial score (nSPS) is 28.7. The van der Waals surface area contributed by atoms with Crippen molar-refractivity contribution >= 4 is 22.9 Å². The lowest BCUT2D eigenvalue weighted by Gasteiger charge is -2.18. The van der Waals surface area contributed by atoms with E-state index >= 15 is 0 Å². The third-order valence-electron chi connectivity index (χ3n) is 3.11. The SMILES string of the molecule is Cc1cc(C2CCCCCC2Cl)cs1. The van der Waals surface area contributed by atoms with Crippen LogP contribution in [-0.2, 0) is 0 Å². The number of halogens is 1. The monoisotopic (exact) mass is 228 g/mol. The Labute approximate surface area is 95.3 Å². The lowest BCUT2D eigenvalue weighted by molar-refractivity contribution is 0.601. The van der Waals surface area contributed by atoms with Crippen molar-refractivity contribution in [1.82, 2.24) is 0 Å². The van der Waals surface area contributed by atoms with Gasteiger partial charge in [0.1, 0.15) is 0 Å². The molecule has 1 fully saturated rings. The molecule has 2 heteroatoms. The summed E-state index contributed by atoms with van der Waals surface area (Å²) in [6, 6.07) is 2.32. The van der Waals surface area contributed by atoms with Gasteiger partial charge in [-0.3, -0.25) is 0 Å². The first-order valence-corrected chi connectivity index (χ1v) is 6.78. The van der Waals surface area contributed by atoms with Gasteiger partial charge in [0.15, 0.2) is 0 Å². The Morgan fingerprint density at radius 1 is 1.29 bits per heavy atom. The van der Waals surface area contributed by atoms with Crippen LogP contribution < -0.4 is 0 Å². The second-order valence-corrected chi connectivity index (χ2v) is 5.93. The summed E-state index contributed by atoms with van der Waals surface area (Å²) in [6.07, 6.45) is 6.50. The summed E-state index contributed by atoms with van der Waals surface area (Å²) in [4.78, 5) is 1.41. The molecule has 0 saturated heterocycles. The Morgan fingerprint density at radius 2 is 2.07 bits per heavy atom. The van der Waals surface area contributed by atoms with Crippen LogP contribution in [0, 0.1) is 6.92 Å². The summed E-state index contributed by atoms with van der Waals surface area (Å²) in [5.74, 6) is 0.615. The fraction of sp³-hybridized carbons (Fsp3) is 0.667. The van der Waals surface area contributed by atoms with Crippen molar-refractivity contribution in [2.24, 2.45) is 0 Å². The van der Waals surface area contributed by atoms with Gasteiger partial charge in [0.2, 0.25) is 0 Å². The minimum atomic E-state index is 0.367. The number of hydrogen-bond acceptors (Lipinski definition) is 1. The molecule has 2 atom stereocenters. The van der Waals surface area contributed by atoms with Crippen LogP contribution in [0.3, 0.4) is 0 Å². The van der Waals surface area contributed by atoms with Crippen molar-refractivity contribution in [3.63, 3.8) is 0 Å². The van der Waals surface area contributed by atoms with Gasteiger partial charge in [-0.25, -0.2) is 0 Å². The highest BCUT2D eigenvalue weighted by molar-refractivity contribution is 7.10. The summed E-state index contributed by atoms with van der Waals surface area (Å²) in [6.45, 7) is 2.17. The van der Waals surface area contributed by atoms with Crippen LogP contribution in [0.25, 0.3) is 0 Å². The Kier molecular flexibility index (Phi) is 3.51. The molecule has 2 unspecified atom stereocenters. The lowest BCUT2D eigenvalue weighted by atomic mass is 9.93. The van der Waals surface area contributed by atoms with E-state index in [9.17, 15) is 0 Å². The van der Waals surface area contributed by atoms with E-state index in [0.717, 1.165) is 0 Å². The Balaban J connectivity index is 2.14. The molecule has 1 aromatic rings. The van der Waals surface area contributed by atoms with E-state index in [1.807, 2.05) is 11.3 Å². The summed E-state index contributed by atoms with van der Waals surface area (Å²) in [7, 11) is 0. The lowest BCUT2D eigenvalue weighted by Crippen LogP contribution is -2.10. The Hall–Kier alpha value is -0.0100. The summed E-state index contributed by atoms with van der Waals surface area (Å²) in [5, 5.41) is 2.66. The molecular weight excluding hydrogens is 212 g/mol. The van der Waals surface area contributed by atoms with Crippen molar-refractivity contribution in [3.8, 4) is 0 Å². The van der Waals surface area contributed by atoms with Gasteiger partial charge in [-0.15, -0.1) is 22.9 Å². The number of hydrogen-bond donors (Lipinski definition) is 0. The third kappa shape index (κ3) is 2.32. The van der Waals surface area contributed by atoms with E-state index in [4.69, 9.17) is 11.6 Å². The van der Waals surface area contributed by atoms with Crippen molar-refractivity contribution in [1.29, 1.82) is 0 Å². The van der Waals surface area contributed by atoms with Gasteiger partial charge in [-0.1, -0.05) is 19.3 Å². The highest BCUT2D eigenvalue weighted by Gasteiger charge is 2.23. The van der Waals surface area contributed by atoms with E-state index in [-0.39, 0.29) is 0 Å². The average Bonchev–Trinajstić information content (AvgIpc) is 2.46. The summed E-state index contributed by atoms with van der Waals surface area (Å²) in [5.41, 5.74) is 1.48. The first-order chi connectivity index (χ1) is 6.77. The van der Waals surface area contributed by atoms with Crippen molar-refractivity contribution in [2.45, 2.75) is 50.3 Å². The van der Waals surface area contributed by atoms with Gasteiger partial charge in [0, 0.05) is 16.2 Å². The third-order valence-corrected chi connectivity index (χ3v) is 4.51. The Bertz CT molecular complexity index is 292. The van der Waals surface area contributed by atoms with Crippen LogP contribution in [0.4, 0.5) is 0 Å². The Morgan fingerprint density at radius 3 is 2.79 bits per heavy atom. The maximum absolute atomic E-state index is 6.44. The van der Waals surface area contributed by atoms with Gasteiger partial charge < -0.3 is 0 Å². The molecule has 0 amide bonds. The zero-order chi connectivity index (χ0) is 9.97. The fourth-order valence-electron chi connectivity index (χ4n) is 2.30. The predicted octanol–water partition coefficient (Wildman–Crippen LogP) is 4.71. The number of rotatable bonds is 1. The van der Waals surface area contributed by atoms with Gasteiger partial charge in [-0.05, 0) is 36.8 Å². The molecule has 2 rings (SSSR count). The van der Waals surface area contributed by atoms with Gasteiger partial charge in [0.25, 0.3) is 0 Å². The van der Waals surface area contributed by atoms with E-state index in [0.29, 0.717) is 11.3 Å². The first-order valence-electron chi connectivity index (χ1n) is 5.46. The zero-order valence-corrected chi connectivity index (χ0v) is 10.2. The van der Waals surface area contributed by atoms with Crippen molar-refractivity contribution < 1.29 is 0 Å². The molecule has 0 radical (unpaired) electrons. The zero-order valence-electron chi connectivity index (χ0n) is 8.63. The second-order valence-electron chi connectivity index (χ2n) is 4.25. The number of aryl methyl sites for hydroxylation is 1. The molecule has 0 bridgehead atoms. The van der Waals surface area contributed by atoms with E-state index in [1.54, 1.807) is 0 Å². The molecular formula is C12H17ClS. The van der Waals surface area contributed by atoms with Crippen LogP contribution in [0.1, 0.15) is 48.5 Å². The van der Waals surface area contributed by atoms with E-state index < -0.39 is 0 Å². The predicted molar refractivity (Wildman–Crippen MR) is 64.5 cm³/mol. The van der Waals surface area contributed by atoms with Crippen LogP contribution >= 0.6 is 22.9 Å². The summed E-state index contributed by atoms with van der Waals surface area (Å²) < 4.78 is 0. The van der Waals surface area contributed by atoms with Crippen LogP contribution in [0.5, 0.6) is 0 Å². The minimum absolute atomic E-state index is 0.367. The molecule has 1 aliphatic carbocycles. The maximum Gasteiger partial charge on any atom is 0.0404 e. The van der Waals surface area contributed by atoms with E-state index in [2.05, 4.69) is 18.4 Å². The van der Waals surface area contributed by atoms with Gasteiger partial charge in [-0.2, -0.15) is 0 Å². The molecule has 0 spiro atoms. The van der Waals surface area contributed by atoms with Crippen molar-refractivity contribution in [3.05, 3.63) is 21.9 Å². The van der Waals surface area contributed by atoms with Gasteiger partial charge in [0.05, 0.1) is 0 Å². The molecule has 1 aromatic heterocycles. The minimum Gasteiger partial charge on any atom is -0.149 e.